The van der Waals surface area contributed by atoms with Crippen molar-refractivity contribution in [2.45, 2.75) is 6.61 Å². The standard InChI is InChI=1S/C12H18N2O4S/c1-14(7-8-19(2,16)17)12(15)18-9-10-3-5-11(13)6-4-10/h3-6H,7-9,13H2,1-2H3. The van der Waals surface area contributed by atoms with Gasteiger partial charge in [0.15, 0.2) is 0 Å². The topological polar surface area (TPSA) is 89.7 Å². The maximum absolute atomic E-state index is 11.6. The van der Waals surface area contributed by atoms with Gasteiger partial charge in [0.2, 0.25) is 0 Å². The summed E-state index contributed by atoms with van der Waals surface area (Å²) in [5.41, 5.74) is 7.00. The van der Waals surface area contributed by atoms with Crippen LogP contribution in [-0.2, 0) is 21.2 Å². The normalized spacial score (nSPS) is 11.1. The van der Waals surface area contributed by atoms with E-state index < -0.39 is 15.9 Å². The molecule has 0 spiro atoms. The van der Waals surface area contributed by atoms with Crippen LogP contribution in [0, 0.1) is 0 Å². The lowest BCUT2D eigenvalue weighted by Gasteiger charge is -2.16. The molecular formula is C12H18N2O4S. The monoisotopic (exact) mass is 286 g/mol. The molecule has 1 rings (SSSR count). The molecule has 1 amide bonds. The molecule has 0 saturated heterocycles. The van der Waals surface area contributed by atoms with Gasteiger partial charge >= 0.3 is 6.09 Å². The van der Waals surface area contributed by atoms with E-state index in [2.05, 4.69) is 0 Å². The van der Waals surface area contributed by atoms with Crippen molar-refractivity contribution in [3.8, 4) is 0 Å². The lowest BCUT2D eigenvalue weighted by atomic mass is 10.2. The predicted octanol–water partition coefficient (Wildman–Crippen LogP) is 0.882. The summed E-state index contributed by atoms with van der Waals surface area (Å²) in [5, 5.41) is 0. The summed E-state index contributed by atoms with van der Waals surface area (Å²) >= 11 is 0. The van der Waals surface area contributed by atoms with Crippen LogP contribution in [0.4, 0.5) is 10.5 Å². The minimum atomic E-state index is -3.09. The number of hydrogen-bond acceptors (Lipinski definition) is 5. The smallest absolute Gasteiger partial charge is 0.409 e. The number of nitrogens with two attached hydrogens (primary N) is 1. The SMILES string of the molecule is CN(CCS(C)(=O)=O)C(=O)OCc1ccc(N)cc1. The van der Waals surface area contributed by atoms with Gasteiger partial charge in [-0.1, -0.05) is 12.1 Å². The Morgan fingerprint density at radius 2 is 1.89 bits per heavy atom. The summed E-state index contributed by atoms with van der Waals surface area (Å²) in [6.07, 6.45) is 0.570. The van der Waals surface area contributed by atoms with E-state index >= 15 is 0 Å². The molecule has 0 heterocycles. The molecule has 0 fully saturated rings. The maximum Gasteiger partial charge on any atom is 0.409 e. The predicted molar refractivity (Wildman–Crippen MR) is 73.4 cm³/mol. The molecule has 2 N–H and O–H groups in total. The molecule has 1 aromatic rings. The van der Waals surface area contributed by atoms with Crippen LogP contribution in [0.1, 0.15) is 5.56 Å². The van der Waals surface area contributed by atoms with Crippen LogP contribution in [0.15, 0.2) is 24.3 Å². The van der Waals surface area contributed by atoms with E-state index in [0.29, 0.717) is 5.69 Å². The van der Waals surface area contributed by atoms with Crippen molar-refractivity contribution >= 4 is 21.6 Å². The van der Waals surface area contributed by atoms with Crippen molar-refractivity contribution in [2.75, 3.05) is 31.3 Å². The highest BCUT2D eigenvalue weighted by molar-refractivity contribution is 7.90. The molecule has 0 aromatic heterocycles. The van der Waals surface area contributed by atoms with Gasteiger partial charge in [-0.2, -0.15) is 0 Å². The van der Waals surface area contributed by atoms with Crippen molar-refractivity contribution in [2.24, 2.45) is 0 Å². The highest BCUT2D eigenvalue weighted by Gasteiger charge is 2.12. The highest BCUT2D eigenvalue weighted by Crippen LogP contribution is 2.07. The summed E-state index contributed by atoms with van der Waals surface area (Å²) in [4.78, 5) is 12.8. The van der Waals surface area contributed by atoms with Gasteiger partial charge in [-0.15, -0.1) is 0 Å². The van der Waals surface area contributed by atoms with Gasteiger partial charge in [0.25, 0.3) is 0 Å². The van der Waals surface area contributed by atoms with Crippen LogP contribution < -0.4 is 5.73 Å². The van der Waals surface area contributed by atoms with Crippen molar-refractivity contribution in [1.29, 1.82) is 0 Å². The van der Waals surface area contributed by atoms with Crippen LogP contribution in [0.5, 0.6) is 0 Å². The number of hydrogen-bond donors (Lipinski definition) is 1. The van der Waals surface area contributed by atoms with Gasteiger partial charge in [0.1, 0.15) is 16.4 Å². The zero-order valence-electron chi connectivity index (χ0n) is 11.0. The summed E-state index contributed by atoms with van der Waals surface area (Å²) in [6, 6.07) is 6.96. The number of ether oxygens (including phenoxy) is 1. The molecule has 0 radical (unpaired) electrons. The number of carbonyl (C=O) groups excluding carboxylic acids is 1. The van der Waals surface area contributed by atoms with Gasteiger partial charge in [-0.3, -0.25) is 0 Å². The first kappa shape index (κ1) is 15.3. The summed E-state index contributed by atoms with van der Waals surface area (Å²) in [7, 11) is -1.59. The zero-order chi connectivity index (χ0) is 14.5. The Balaban J connectivity index is 2.40. The second-order valence-electron chi connectivity index (χ2n) is 4.35. The van der Waals surface area contributed by atoms with Gasteiger partial charge < -0.3 is 15.4 Å². The number of benzene rings is 1. The van der Waals surface area contributed by atoms with Crippen molar-refractivity contribution in [3.05, 3.63) is 29.8 Å². The Morgan fingerprint density at radius 3 is 2.42 bits per heavy atom. The number of nitrogen functional groups attached to an aromatic ring is 1. The second-order valence-corrected chi connectivity index (χ2v) is 6.61. The minimum absolute atomic E-state index is 0.0829. The average molecular weight is 286 g/mol. The van der Waals surface area contributed by atoms with Gasteiger partial charge in [-0.25, -0.2) is 13.2 Å². The zero-order valence-corrected chi connectivity index (χ0v) is 11.8. The molecule has 0 aliphatic carbocycles. The molecular weight excluding hydrogens is 268 g/mol. The fourth-order valence-corrected chi connectivity index (χ4v) is 1.87. The second kappa shape index (κ2) is 6.42. The number of nitrogens with zero attached hydrogens (tertiary/aromatic N) is 1. The third-order valence-corrected chi connectivity index (χ3v) is 3.38. The van der Waals surface area contributed by atoms with Crippen LogP contribution in [-0.4, -0.2) is 45.0 Å². The Kier molecular flexibility index (Phi) is 5.17. The minimum Gasteiger partial charge on any atom is -0.445 e. The Morgan fingerprint density at radius 1 is 1.32 bits per heavy atom. The molecule has 0 atom stereocenters. The third-order valence-electron chi connectivity index (χ3n) is 2.45. The summed E-state index contributed by atoms with van der Waals surface area (Å²) in [5.74, 6) is -0.0829. The maximum atomic E-state index is 11.6. The van der Waals surface area contributed by atoms with E-state index in [-0.39, 0.29) is 18.9 Å². The average Bonchev–Trinajstić information content (AvgIpc) is 2.34. The molecule has 6 nitrogen and oxygen atoms in total. The Labute approximate surface area is 113 Å². The molecule has 0 aliphatic heterocycles. The van der Waals surface area contributed by atoms with Gasteiger partial charge in [0.05, 0.1) is 5.75 Å². The molecule has 7 heteroatoms. The molecule has 0 unspecified atom stereocenters. The Bertz CT molecular complexity index is 525. The van der Waals surface area contributed by atoms with Crippen LogP contribution >= 0.6 is 0 Å². The van der Waals surface area contributed by atoms with Crippen molar-refractivity contribution in [1.82, 2.24) is 4.90 Å². The van der Waals surface area contributed by atoms with Gasteiger partial charge in [-0.05, 0) is 17.7 Å². The van der Waals surface area contributed by atoms with Crippen LogP contribution in [0.2, 0.25) is 0 Å². The van der Waals surface area contributed by atoms with E-state index in [1.807, 2.05) is 0 Å². The van der Waals surface area contributed by atoms with E-state index in [0.717, 1.165) is 11.8 Å². The molecule has 0 aliphatic rings. The molecule has 106 valence electrons. The molecule has 0 saturated carbocycles. The first-order valence-electron chi connectivity index (χ1n) is 5.68. The Hall–Kier alpha value is -1.76. The molecule has 0 bridgehead atoms. The number of rotatable bonds is 5. The highest BCUT2D eigenvalue weighted by atomic mass is 32.2. The van der Waals surface area contributed by atoms with E-state index in [9.17, 15) is 13.2 Å². The lowest BCUT2D eigenvalue weighted by molar-refractivity contribution is 0.106. The third kappa shape index (κ3) is 6.10. The summed E-state index contributed by atoms with van der Waals surface area (Å²) in [6.45, 7) is 0.238. The summed E-state index contributed by atoms with van der Waals surface area (Å²) < 4.78 is 27.0. The first-order chi connectivity index (χ1) is 8.78. The van der Waals surface area contributed by atoms with E-state index in [1.54, 1.807) is 24.3 Å². The first-order valence-corrected chi connectivity index (χ1v) is 7.74. The number of carbonyl (C=O) groups is 1. The number of anilines is 1. The fourth-order valence-electron chi connectivity index (χ4n) is 1.26. The largest absolute Gasteiger partial charge is 0.445 e. The lowest BCUT2D eigenvalue weighted by Crippen LogP contribution is -2.31. The van der Waals surface area contributed by atoms with E-state index in [1.165, 1.54) is 11.9 Å². The van der Waals surface area contributed by atoms with Gasteiger partial charge in [0, 0.05) is 25.5 Å². The fraction of sp³-hybridized carbons (Fsp3) is 0.417. The van der Waals surface area contributed by atoms with E-state index in [4.69, 9.17) is 10.5 Å². The van der Waals surface area contributed by atoms with Crippen molar-refractivity contribution in [3.63, 3.8) is 0 Å². The molecule has 1 aromatic carbocycles. The number of sulfone groups is 1. The van der Waals surface area contributed by atoms with Crippen molar-refractivity contribution < 1.29 is 17.9 Å². The van der Waals surface area contributed by atoms with Crippen LogP contribution in [0.3, 0.4) is 0 Å². The van der Waals surface area contributed by atoms with Crippen LogP contribution in [0.25, 0.3) is 0 Å². The number of amides is 1. The quantitative estimate of drug-likeness (QED) is 0.812. The molecule has 19 heavy (non-hydrogen) atoms.